The van der Waals surface area contributed by atoms with Gasteiger partial charge < -0.3 is 14.6 Å². The van der Waals surface area contributed by atoms with Gasteiger partial charge in [-0.3, -0.25) is 9.48 Å². The van der Waals surface area contributed by atoms with Gasteiger partial charge in [0, 0.05) is 29.7 Å². The van der Waals surface area contributed by atoms with Gasteiger partial charge in [-0.05, 0) is 19.9 Å². The van der Waals surface area contributed by atoms with Crippen LogP contribution in [0.4, 0.5) is 11.6 Å². The number of nitrogens with zero attached hydrogens (tertiary/aromatic N) is 5. The van der Waals surface area contributed by atoms with Gasteiger partial charge in [-0.15, -0.1) is 0 Å². The number of rotatable bonds is 6. The largest absolute Gasteiger partial charge is 0.465 e. The summed E-state index contributed by atoms with van der Waals surface area (Å²) in [5.74, 6) is 0.114. The third-order valence-corrected chi connectivity index (χ3v) is 3.32. The van der Waals surface area contributed by atoms with E-state index in [4.69, 9.17) is 4.74 Å². The summed E-state index contributed by atoms with van der Waals surface area (Å²) in [6, 6.07) is 1.94. The van der Waals surface area contributed by atoms with Crippen LogP contribution in [0.1, 0.15) is 13.8 Å². The van der Waals surface area contributed by atoms with Crippen molar-refractivity contribution < 1.29 is 9.53 Å². The number of ether oxygens (including phenoxy) is 1. The Morgan fingerprint density at radius 1 is 1.42 bits per heavy atom. The van der Waals surface area contributed by atoms with Crippen molar-refractivity contribution in [2.75, 3.05) is 11.9 Å². The van der Waals surface area contributed by atoms with Crippen LogP contribution in [0.5, 0.6) is 0 Å². The van der Waals surface area contributed by atoms with Crippen LogP contribution < -0.4 is 5.32 Å². The van der Waals surface area contributed by atoms with Crippen LogP contribution in [-0.2, 0) is 16.1 Å². The number of allylic oxidation sites excluding steroid dienone is 1. The Labute approximate surface area is 138 Å². The minimum Gasteiger partial charge on any atom is -0.465 e. The lowest BCUT2D eigenvalue weighted by Gasteiger charge is -2.05. The van der Waals surface area contributed by atoms with Crippen molar-refractivity contribution in [2.45, 2.75) is 20.4 Å². The number of hydrogen-bond donors (Lipinski definition) is 1. The quantitative estimate of drug-likeness (QED) is 0.700. The van der Waals surface area contributed by atoms with Gasteiger partial charge in [0.1, 0.15) is 12.2 Å². The van der Waals surface area contributed by atoms with E-state index in [0.717, 1.165) is 16.7 Å². The molecule has 0 amide bonds. The fraction of sp³-hybridized carbons (Fsp3) is 0.250. The van der Waals surface area contributed by atoms with E-state index in [0.29, 0.717) is 18.2 Å². The van der Waals surface area contributed by atoms with Crippen LogP contribution in [-0.4, -0.2) is 36.9 Å². The van der Waals surface area contributed by atoms with E-state index in [1.54, 1.807) is 25.5 Å². The maximum absolute atomic E-state index is 11.5. The van der Waals surface area contributed by atoms with Crippen LogP contribution in [0.2, 0.25) is 0 Å². The van der Waals surface area contributed by atoms with Crippen molar-refractivity contribution in [3.8, 4) is 0 Å². The number of aromatic nitrogens is 5. The molecule has 24 heavy (non-hydrogen) atoms. The number of carbonyl (C=O) groups excluding carboxylic acids is 1. The highest BCUT2D eigenvalue weighted by molar-refractivity contribution is 5.80. The third-order valence-electron chi connectivity index (χ3n) is 3.32. The van der Waals surface area contributed by atoms with Crippen molar-refractivity contribution in [3.05, 3.63) is 37.4 Å². The van der Waals surface area contributed by atoms with E-state index in [1.807, 2.05) is 23.8 Å². The lowest BCUT2D eigenvalue weighted by Crippen LogP contribution is -2.13. The van der Waals surface area contributed by atoms with Gasteiger partial charge in [-0.25, -0.2) is 4.98 Å². The highest BCUT2D eigenvalue weighted by Crippen LogP contribution is 2.19. The minimum atomic E-state index is -0.330. The second-order valence-electron chi connectivity index (χ2n) is 5.25. The number of esters is 1. The first kappa shape index (κ1) is 15.7. The summed E-state index contributed by atoms with van der Waals surface area (Å²) in [4.78, 5) is 20.2. The number of carbonyl (C=O) groups is 1. The lowest BCUT2D eigenvalue weighted by atomic mass is 10.4. The smallest absolute Gasteiger partial charge is 0.327 e. The zero-order valence-electron chi connectivity index (χ0n) is 13.6. The Kier molecular flexibility index (Phi) is 4.28. The van der Waals surface area contributed by atoms with E-state index in [2.05, 4.69) is 27.0 Å². The van der Waals surface area contributed by atoms with Gasteiger partial charge >= 0.3 is 5.97 Å². The molecule has 1 N–H and O–H groups in total. The summed E-state index contributed by atoms with van der Waals surface area (Å²) >= 11 is 0. The van der Waals surface area contributed by atoms with Crippen molar-refractivity contribution in [1.29, 1.82) is 0 Å². The van der Waals surface area contributed by atoms with Gasteiger partial charge in [-0.2, -0.15) is 10.1 Å². The first-order chi connectivity index (χ1) is 11.6. The molecule has 0 radical (unpaired) electrons. The third kappa shape index (κ3) is 3.27. The predicted octanol–water partition coefficient (Wildman–Crippen LogP) is 2.43. The molecular weight excluding hydrogens is 308 g/mol. The number of anilines is 2. The summed E-state index contributed by atoms with van der Waals surface area (Å²) in [5.41, 5.74) is 2.34. The Morgan fingerprint density at radius 3 is 3.00 bits per heavy atom. The molecule has 0 spiro atoms. The molecule has 3 aromatic heterocycles. The Balaban J connectivity index is 1.77. The lowest BCUT2D eigenvalue weighted by molar-refractivity contribution is -0.144. The summed E-state index contributed by atoms with van der Waals surface area (Å²) in [5, 5.41) is 8.12. The summed E-state index contributed by atoms with van der Waals surface area (Å²) in [7, 11) is 0. The maximum Gasteiger partial charge on any atom is 0.327 e. The van der Waals surface area contributed by atoms with Crippen molar-refractivity contribution in [2.24, 2.45) is 0 Å². The standard InChI is InChI=1S/C16H18N6O2/c1-4-24-14(23)10-21-9-13(8-18-21)19-16-17-7-12-5-6-22(11(2)3)15(12)20-16/h5-9H,2,4,10H2,1,3H3,(H,17,19,20). The summed E-state index contributed by atoms with van der Waals surface area (Å²) in [6.07, 6.45) is 6.95. The minimum absolute atomic E-state index is 0.0634. The molecule has 0 aliphatic rings. The Morgan fingerprint density at radius 2 is 2.25 bits per heavy atom. The molecule has 3 aromatic rings. The van der Waals surface area contributed by atoms with Crippen LogP contribution in [0.3, 0.4) is 0 Å². The molecule has 0 atom stereocenters. The van der Waals surface area contributed by atoms with E-state index in [9.17, 15) is 4.79 Å². The molecular formula is C16H18N6O2. The highest BCUT2D eigenvalue weighted by atomic mass is 16.5. The second kappa shape index (κ2) is 6.53. The first-order valence-electron chi connectivity index (χ1n) is 7.52. The molecule has 8 heteroatoms. The monoisotopic (exact) mass is 326 g/mol. The molecule has 124 valence electrons. The predicted molar refractivity (Wildman–Crippen MR) is 90.7 cm³/mol. The summed E-state index contributed by atoms with van der Waals surface area (Å²) < 4.78 is 8.28. The van der Waals surface area contributed by atoms with E-state index in [1.165, 1.54) is 4.68 Å². The molecule has 3 rings (SSSR count). The molecule has 0 aliphatic heterocycles. The van der Waals surface area contributed by atoms with Gasteiger partial charge in [0.2, 0.25) is 5.95 Å². The van der Waals surface area contributed by atoms with Crippen molar-refractivity contribution in [1.82, 2.24) is 24.3 Å². The molecule has 0 saturated heterocycles. The van der Waals surface area contributed by atoms with Crippen LogP contribution in [0.25, 0.3) is 16.7 Å². The average molecular weight is 326 g/mol. The zero-order chi connectivity index (χ0) is 17.1. The zero-order valence-corrected chi connectivity index (χ0v) is 13.6. The number of fused-ring (bicyclic) bond motifs is 1. The normalized spacial score (nSPS) is 10.8. The van der Waals surface area contributed by atoms with Gasteiger partial charge in [0.05, 0.1) is 18.5 Å². The van der Waals surface area contributed by atoms with E-state index < -0.39 is 0 Å². The second-order valence-corrected chi connectivity index (χ2v) is 5.25. The Hall–Kier alpha value is -3.16. The molecule has 3 heterocycles. The van der Waals surface area contributed by atoms with Gasteiger partial charge in [0.25, 0.3) is 0 Å². The van der Waals surface area contributed by atoms with Gasteiger partial charge in [0.15, 0.2) is 0 Å². The first-order valence-corrected chi connectivity index (χ1v) is 7.52. The topological polar surface area (TPSA) is 86.9 Å². The van der Waals surface area contributed by atoms with Crippen LogP contribution in [0.15, 0.2) is 37.4 Å². The van der Waals surface area contributed by atoms with Crippen molar-refractivity contribution >= 4 is 34.3 Å². The van der Waals surface area contributed by atoms with E-state index >= 15 is 0 Å². The fourth-order valence-corrected chi connectivity index (χ4v) is 2.27. The van der Waals surface area contributed by atoms with Crippen LogP contribution in [0, 0.1) is 0 Å². The SMILES string of the molecule is C=C(C)n1ccc2cnc(Nc3cnn(CC(=O)OCC)c3)nc21. The molecule has 0 saturated carbocycles. The molecule has 0 unspecified atom stereocenters. The molecule has 0 aromatic carbocycles. The number of nitrogens with one attached hydrogen (secondary N) is 1. The molecule has 8 nitrogen and oxygen atoms in total. The van der Waals surface area contributed by atoms with Crippen LogP contribution >= 0.6 is 0 Å². The van der Waals surface area contributed by atoms with Crippen molar-refractivity contribution in [3.63, 3.8) is 0 Å². The summed E-state index contributed by atoms with van der Waals surface area (Å²) in [6.45, 7) is 8.02. The molecule has 0 aliphatic carbocycles. The molecule has 0 fully saturated rings. The fourth-order valence-electron chi connectivity index (χ4n) is 2.27. The highest BCUT2D eigenvalue weighted by Gasteiger charge is 2.08. The van der Waals surface area contributed by atoms with Gasteiger partial charge in [-0.1, -0.05) is 6.58 Å². The maximum atomic E-state index is 11.5. The molecule has 0 bridgehead atoms. The van der Waals surface area contributed by atoms with E-state index in [-0.39, 0.29) is 12.5 Å². The Bertz CT molecular complexity index is 895. The average Bonchev–Trinajstić information content (AvgIpc) is 3.14. The number of hydrogen-bond acceptors (Lipinski definition) is 6.